The Morgan fingerprint density at radius 2 is 1.00 bits per heavy atom. The van der Waals surface area contributed by atoms with Crippen LogP contribution < -0.4 is 0 Å². The molecular formula is C29H21NO4. The van der Waals surface area contributed by atoms with E-state index in [2.05, 4.69) is 0 Å². The van der Waals surface area contributed by atoms with Crippen LogP contribution in [0.1, 0.15) is 31.8 Å². The Bertz CT molecular complexity index is 1370. The molecule has 0 aliphatic rings. The maximum atomic E-state index is 12.4. The Labute approximate surface area is 196 Å². The summed E-state index contributed by atoms with van der Waals surface area (Å²) in [6, 6.07) is 31.4. The molecule has 5 rings (SSSR count). The van der Waals surface area contributed by atoms with Gasteiger partial charge < -0.3 is 9.47 Å². The molecule has 0 saturated heterocycles. The summed E-state index contributed by atoms with van der Waals surface area (Å²) in [5.74, 6) is -0.765. The van der Waals surface area contributed by atoms with Crippen LogP contribution in [0.4, 0.5) is 0 Å². The molecular weight excluding hydrogens is 426 g/mol. The van der Waals surface area contributed by atoms with Gasteiger partial charge in [-0.2, -0.15) is 0 Å². The van der Waals surface area contributed by atoms with E-state index in [0.29, 0.717) is 11.1 Å². The van der Waals surface area contributed by atoms with Gasteiger partial charge in [0.15, 0.2) is 0 Å². The highest BCUT2D eigenvalue weighted by Gasteiger charge is 2.13. The van der Waals surface area contributed by atoms with Gasteiger partial charge in [-0.25, -0.2) is 14.6 Å². The minimum atomic E-state index is -0.382. The molecule has 0 atom stereocenters. The van der Waals surface area contributed by atoms with Crippen LogP contribution >= 0.6 is 0 Å². The largest absolute Gasteiger partial charge is 0.457 e. The van der Waals surface area contributed by atoms with Crippen molar-refractivity contribution in [3.8, 4) is 0 Å². The fourth-order valence-electron chi connectivity index (χ4n) is 3.84. The number of pyridine rings is 1. The fraction of sp³-hybridized carbons (Fsp3) is 0.0690. The standard InChI is InChI=1S/C29H21NO4/c31-28(20-9-3-1-4-10-20)33-18-24-15-7-13-22-17-23-14-8-16-25(27(23)30-26(22)24)19-34-29(32)21-11-5-2-6-12-21/h1-17H,18-19H2. The third kappa shape index (κ3) is 4.50. The molecule has 0 unspecified atom stereocenters. The first-order chi connectivity index (χ1) is 16.7. The Morgan fingerprint density at radius 1 is 0.559 bits per heavy atom. The van der Waals surface area contributed by atoms with Crippen LogP contribution in [0.3, 0.4) is 0 Å². The van der Waals surface area contributed by atoms with Crippen molar-refractivity contribution in [3.05, 3.63) is 125 Å². The number of para-hydroxylation sites is 2. The van der Waals surface area contributed by atoms with Crippen LogP contribution in [0, 0.1) is 0 Å². The van der Waals surface area contributed by atoms with E-state index < -0.39 is 0 Å². The molecule has 0 spiro atoms. The van der Waals surface area contributed by atoms with E-state index in [1.165, 1.54) is 0 Å². The van der Waals surface area contributed by atoms with Crippen molar-refractivity contribution in [2.45, 2.75) is 13.2 Å². The smallest absolute Gasteiger partial charge is 0.338 e. The van der Waals surface area contributed by atoms with Crippen molar-refractivity contribution in [1.29, 1.82) is 0 Å². The van der Waals surface area contributed by atoms with Gasteiger partial charge in [-0.05, 0) is 30.3 Å². The minimum Gasteiger partial charge on any atom is -0.457 e. The lowest BCUT2D eigenvalue weighted by atomic mass is 10.0. The van der Waals surface area contributed by atoms with Crippen molar-refractivity contribution in [1.82, 2.24) is 4.98 Å². The van der Waals surface area contributed by atoms with E-state index in [1.807, 2.05) is 54.6 Å². The molecule has 0 aliphatic heterocycles. The number of aromatic nitrogens is 1. The van der Waals surface area contributed by atoms with Crippen molar-refractivity contribution >= 4 is 33.7 Å². The average molecular weight is 447 g/mol. The fourth-order valence-corrected chi connectivity index (χ4v) is 3.84. The number of hydrogen-bond donors (Lipinski definition) is 0. The van der Waals surface area contributed by atoms with Crippen LogP contribution in [0.15, 0.2) is 103 Å². The highest BCUT2D eigenvalue weighted by atomic mass is 16.5. The first-order valence-corrected chi connectivity index (χ1v) is 10.9. The third-order valence-corrected chi connectivity index (χ3v) is 5.57. The van der Waals surface area contributed by atoms with Crippen molar-refractivity contribution < 1.29 is 19.1 Å². The summed E-state index contributed by atoms with van der Waals surface area (Å²) in [7, 11) is 0. The predicted octanol–water partition coefficient (Wildman–Crippen LogP) is 6.10. The maximum Gasteiger partial charge on any atom is 0.338 e. The zero-order valence-electron chi connectivity index (χ0n) is 18.3. The molecule has 0 radical (unpaired) electrons. The molecule has 0 N–H and O–H groups in total. The van der Waals surface area contributed by atoms with Crippen LogP contribution in [0.25, 0.3) is 21.8 Å². The van der Waals surface area contributed by atoms with E-state index >= 15 is 0 Å². The molecule has 0 amide bonds. The van der Waals surface area contributed by atoms with Gasteiger partial charge in [-0.1, -0.05) is 72.8 Å². The summed E-state index contributed by atoms with van der Waals surface area (Å²) in [5, 5.41) is 1.89. The topological polar surface area (TPSA) is 65.5 Å². The average Bonchev–Trinajstić information content (AvgIpc) is 2.90. The molecule has 4 aromatic carbocycles. The lowest BCUT2D eigenvalue weighted by Crippen LogP contribution is -2.06. The number of carbonyl (C=O) groups is 2. The second-order valence-electron chi connectivity index (χ2n) is 7.85. The second-order valence-corrected chi connectivity index (χ2v) is 7.85. The Morgan fingerprint density at radius 3 is 1.44 bits per heavy atom. The van der Waals surface area contributed by atoms with Gasteiger partial charge in [0.2, 0.25) is 0 Å². The number of esters is 2. The van der Waals surface area contributed by atoms with Gasteiger partial charge >= 0.3 is 11.9 Å². The van der Waals surface area contributed by atoms with Crippen LogP contribution in [0.5, 0.6) is 0 Å². The SMILES string of the molecule is O=C(OCc1cccc2cc3cccc(COC(=O)c4ccccc4)c3nc12)c1ccccc1. The molecule has 0 saturated carbocycles. The van der Waals surface area contributed by atoms with E-state index in [0.717, 1.165) is 32.9 Å². The Hall–Kier alpha value is -4.51. The lowest BCUT2D eigenvalue weighted by molar-refractivity contribution is 0.0466. The summed E-state index contributed by atoms with van der Waals surface area (Å²) in [5.41, 5.74) is 4.11. The van der Waals surface area contributed by atoms with Crippen molar-refractivity contribution in [2.75, 3.05) is 0 Å². The molecule has 5 aromatic rings. The summed E-state index contributed by atoms with van der Waals surface area (Å²) in [4.78, 5) is 29.7. The molecule has 166 valence electrons. The molecule has 34 heavy (non-hydrogen) atoms. The summed E-state index contributed by atoms with van der Waals surface area (Å²) in [6.45, 7) is 0.212. The van der Waals surface area contributed by atoms with Gasteiger partial charge in [0.05, 0.1) is 22.2 Å². The number of hydrogen-bond acceptors (Lipinski definition) is 5. The highest BCUT2D eigenvalue weighted by Crippen LogP contribution is 2.26. The molecule has 0 bridgehead atoms. The van der Waals surface area contributed by atoms with E-state index in [9.17, 15) is 9.59 Å². The predicted molar refractivity (Wildman–Crippen MR) is 130 cm³/mol. The molecule has 5 nitrogen and oxygen atoms in total. The Balaban J connectivity index is 1.42. The number of nitrogens with zero attached hydrogens (tertiary/aromatic N) is 1. The number of fused-ring (bicyclic) bond motifs is 2. The zero-order valence-corrected chi connectivity index (χ0v) is 18.3. The number of rotatable bonds is 6. The van der Waals surface area contributed by atoms with Crippen LogP contribution in [-0.2, 0) is 22.7 Å². The van der Waals surface area contributed by atoms with Gasteiger partial charge in [0.25, 0.3) is 0 Å². The monoisotopic (exact) mass is 447 g/mol. The van der Waals surface area contributed by atoms with E-state index in [-0.39, 0.29) is 25.2 Å². The maximum absolute atomic E-state index is 12.4. The summed E-state index contributed by atoms with van der Waals surface area (Å²) in [6.07, 6.45) is 0. The lowest BCUT2D eigenvalue weighted by Gasteiger charge is -2.11. The van der Waals surface area contributed by atoms with E-state index in [4.69, 9.17) is 14.5 Å². The first-order valence-electron chi connectivity index (χ1n) is 10.9. The van der Waals surface area contributed by atoms with Crippen molar-refractivity contribution in [3.63, 3.8) is 0 Å². The zero-order chi connectivity index (χ0) is 23.3. The van der Waals surface area contributed by atoms with Crippen LogP contribution in [-0.4, -0.2) is 16.9 Å². The second kappa shape index (κ2) is 9.55. The quantitative estimate of drug-likeness (QED) is 0.232. The summed E-state index contributed by atoms with van der Waals surface area (Å²) >= 11 is 0. The van der Waals surface area contributed by atoms with E-state index in [1.54, 1.807) is 48.5 Å². The molecule has 1 heterocycles. The van der Waals surface area contributed by atoms with Crippen LogP contribution in [0.2, 0.25) is 0 Å². The number of carbonyl (C=O) groups excluding carboxylic acids is 2. The minimum absolute atomic E-state index is 0.106. The highest BCUT2D eigenvalue weighted by molar-refractivity contribution is 5.96. The third-order valence-electron chi connectivity index (χ3n) is 5.57. The number of benzene rings is 4. The molecule has 0 aliphatic carbocycles. The van der Waals surface area contributed by atoms with Gasteiger partial charge in [0, 0.05) is 21.9 Å². The van der Waals surface area contributed by atoms with Gasteiger partial charge in [-0.15, -0.1) is 0 Å². The molecule has 5 heteroatoms. The normalized spacial score (nSPS) is 10.8. The van der Waals surface area contributed by atoms with Gasteiger partial charge in [0.1, 0.15) is 13.2 Å². The molecule has 1 aromatic heterocycles. The first kappa shape index (κ1) is 21.3. The van der Waals surface area contributed by atoms with Gasteiger partial charge in [-0.3, -0.25) is 0 Å². The molecule has 0 fully saturated rings. The van der Waals surface area contributed by atoms with Crippen molar-refractivity contribution in [2.24, 2.45) is 0 Å². The number of ether oxygens (including phenoxy) is 2. The summed E-state index contributed by atoms with van der Waals surface area (Å²) < 4.78 is 11.1. The Kier molecular flexibility index (Phi) is 5.99.